The number of hydrogen-bond acceptors (Lipinski definition) is 3. The van der Waals surface area contributed by atoms with Crippen LogP contribution in [0.4, 0.5) is 0 Å². The molecule has 1 aromatic rings. The van der Waals surface area contributed by atoms with Gasteiger partial charge in [-0.1, -0.05) is 13.8 Å². The van der Waals surface area contributed by atoms with Crippen molar-refractivity contribution >= 4 is 6.29 Å². The van der Waals surface area contributed by atoms with E-state index in [0.717, 1.165) is 30.7 Å². The molecule has 15 heavy (non-hydrogen) atoms. The van der Waals surface area contributed by atoms with Gasteiger partial charge in [-0.05, 0) is 18.2 Å². The van der Waals surface area contributed by atoms with E-state index in [4.69, 9.17) is 4.74 Å². The van der Waals surface area contributed by atoms with E-state index in [9.17, 15) is 4.79 Å². The standard InChI is InChI=1S/C10H11NO2.C2H6/c12-7-8-1-2-10-9(5-8)6-11-3-4-13-10;1-2/h1-2,5,7,11H,3-4,6H2;1-2H3. The van der Waals surface area contributed by atoms with Crippen molar-refractivity contribution in [3.63, 3.8) is 0 Å². The van der Waals surface area contributed by atoms with Crippen LogP contribution >= 0.6 is 0 Å². The van der Waals surface area contributed by atoms with E-state index in [2.05, 4.69) is 5.32 Å². The summed E-state index contributed by atoms with van der Waals surface area (Å²) in [6.45, 7) is 6.32. The van der Waals surface area contributed by atoms with E-state index in [1.807, 2.05) is 26.0 Å². The zero-order valence-electron chi connectivity index (χ0n) is 9.25. The van der Waals surface area contributed by atoms with Crippen LogP contribution < -0.4 is 10.1 Å². The molecule has 1 N–H and O–H groups in total. The topological polar surface area (TPSA) is 38.3 Å². The van der Waals surface area contributed by atoms with Crippen LogP contribution in [0.2, 0.25) is 0 Å². The van der Waals surface area contributed by atoms with Crippen LogP contribution in [0.15, 0.2) is 18.2 Å². The number of aldehydes is 1. The zero-order chi connectivity index (χ0) is 11.1. The van der Waals surface area contributed by atoms with Gasteiger partial charge in [-0.2, -0.15) is 0 Å². The van der Waals surface area contributed by atoms with Gasteiger partial charge in [-0.15, -0.1) is 0 Å². The molecule has 82 valence electrons. The normalized spacial score (nSPS) is 13.7. The number of carbonyl (C=O) groups excluding carboxylic acids is 1. The predicted molar refractivity (Wildman–Crippen MR) is 60.4 cm³/mol. The van der Waals surface area contributed by atoms with Gasteiger partial charge in [0.1, 0.15) is 18.6 Å². The van der Waals surface area contributed by atoms with Gasteiger partial charge in [0.2, 0.25) is 0 Å². The fourth-order valence-electron chi connectivity index (χ4n) is 1.41. The summed E-state index contributed by atoms with van der Waals surface area (Å²) < 4.78 is 5.47. The lowest BCUT2D eigenvalue weighted by molar-refractivity contribution is 0.112. The van der Waals surface area contributed by atoms with E-state index in [-0.39, 0.29) is 0 Å². The second-order valence-corrected chi connectivity index (χ2v) is 3.01. The summed E-state index contributed by atoms with van der Waals surface area (Å²) in [6.07, 6.45) is 0.852. The average Bonchev–Trinajstić information content (AvgIpc) is 2.55. The van der Waals surface area contributed by atoms with Crippen LogP contribution in [-0.2, 0) is 6.54 Å². The monoisotopic (exact) mass is 207 g/mol. The summed E-state index contributed by atoms with van der Waals surface area (Å²) in [7, 11) is 0. The Bertz CT molecular complexity index is 323. The highest BCUT2D eigenvalue weighted by atomic mass is 16.5. The molecule has 3 heteroatoms. The lowest BCUT2D eigenvalue weighted by Crippen LogP contribution is -2.16. The Morgan fingerprint density at radius 1 is 1.40 bits per heavy atom. The first kappa shape index (κ1) is 11.7. The largest absolute Gasteiger partial charge is 0.492 e. The maximum absolute atomic E-state index is 10.5. The molecule has 0 radical (unpaired) electrons. The second-order valence-electron chi connectivity index (χ2n) is 3.01. The van der Waals surface area contributed by atoms with Crippen LogP contribution in [0.1, 0.15) is 29.8 Å². The van der Waals surface area contributed by atoms with E-state index in [1.54, 1.807) is 6.07 Å². The molecule has 0 bridgehead atoms. The molecule has 1 aliphatic heterocycles. The molecule has 0 spiro atoms. The number of benzene rings is 1. The third kappa shape index (κ3) is 3.06. The summed E-state index contributed by atoms with van der Waals surface area (Å²) in [5.74, 6) is 0.885. The summed E-state index contributed by atoms with van der Waals surface area (Å²) in [5, 5.41) is 3.21. The Morgan fingerprint density at radius 2 is 2.20 bits per heavy atom. The second kappa shape index (κ2) is 6.19. The fraction of sp³-hybridized carbons (Fsp3) is 0.417. The van der Waals surface area contributed by atoms with Gasteiger partial charge >= 0.3 is 0 Å². The number of rotatable bonds is 1. The Labute approximate surface area is 90.4 Å². The quantitative estimate of drug-likeness (QED) is 0.716. The highest BCUT2D eigenvalue weighted by molar-refractivity contribution is 5.75. The first-order valence-corrected chi connectivity index (χ1v) is 5.32. The summed E-state index contributed by atoms with van der Waals surface area (Å²) in [5.41, 5.74) is 1.76. The molecule has 0 saturated carbocycles. The Hall–Kier alpha value is -1.35. The van der Waals surface area contributed by atoms with Crippen molar-refractivity contribution < 1.29 is 9.53 Å². The van der Waals surface area contributed by atoms with Gasteiger partial charge in [0.25, 0.3) is 0 Å². The molecule has 1 heterocycles. The van der Waals surface area contributed by atoms with Crippen molar-refractivity contribution in [1.82, 2.24) is 5.32 Å². The maximum Gasteiger partial charge on any atom is 0.150 e. The third-order valence-corrected chi connectivity index (χ3v) is 2.07. The Morgan fingerprint density at radius 3 is 2.93 bits per heavy atom. The minimum Gasteiger partial charge on any atom is -0.492 e. The highest BCUT2D eigenvalue weighted by Gasteiger charge is 2.07. The van der Waals surface area contributed by atoms with E-state index in [0.29, 0.717) is 12.2 Å². The van der Waals surface area contributed by atoms with Crippen molar-refractivity contribution in [2.45, 2.75) is 20.4 Å². The molecule has 0 unspecified atom stereocenters. The SMILES string of the molecule is CC.O=Cc1ccc2c(c1)CNCCO2. The van der Waals surface area contributed by atoms with Crippen molar-refractivity contribution in [1.29, 1.82) is 0 Å². The molecule has 3 nitrogen and oxygen atoms in total. The highest BCUT2D eigenvalue weighted by Crippen LogP contribution is 2.20. The van der Waals surface area contributed by atoms with Crippen LogP contribution in [0.3, 0.4) is 0 Å². The van der Waals surface area contributed by atoms with Crippen molar-refractivity contribution in [3.8, 4) is 5.75 Å². The fourth-order valence-corrected chi connectivity index (χ4v) is 1.41. The zero-order valence-corrected chi connectivity index (χ0v) is 9.25. The minimum absolute atomic E-state index is 0.688. The summed E-state index contributed by atoms with van der Waals surface area (Å²) in [6, 6.07) is 5.49. The molecule has 0 amide bonds. The van der Waals surface area contributed by atoms with E-state index >= 15 is 0 Å². The van der Waals surface area contributed by atoms with Gasteiger partial charge < -0.3 is 10.1 Å². The van der Waals surface area contributed by atoms with Gasteiger partial charge in [0.05, 0.1) is 0 Å². The number of nitrogens with one attached hydrogen (secondary N) is 1. The molecule has 1 aromatic carbocycles. The molecular weight excluding hydrogens is 190 g/mol. The number of ether oxygens (including phenoxy) is 1. The van der Waals surface area contributed by atoms with E-state index < -0.39 is 0 Å². The third-order valence-electron chi connectivity index (χ3n) is 2.07. The first-order chi connectivity index (χ1) is 7.40. The van der Waals surface area contributed by atoms with Crippen LogP contribution in [-0.4, -0.2) is 19.4 Å². The Kier molecular flexibility index (Phi) is 4.84. The molecule has 1 aliphatic rings. The number of carbonyl (C=O) groups is 1. The maximum atomic E-state index is 10.5. The van der Waals surface area contributed by atoms with Crippen LogP contribution in [0.25, 0.3) is 0 Å². The molecule has 0 fully saturated rings. The molecular formula is C12H17NO2. The molecule has 0 atom stereocenters. The van der Waals surface area contributed by atoms with Crippen LogP contribution in [0.5, 0.6) is 5.75 Å². The molecule has 2 rings (SSSR count). The molecule has 0 saturated heterocycles. The minimum atomic E-state index is 0.688. The van der Waals surface area contributed by atoms with Crippen LogP contribution in [0, 0.1) is 0 Å². The van der Waals surface area contributed by atoms with Gasteiger partial charge in [0, 0.05) is 24.2 Å². The molecule has 0 aromatic heterocycles. The molecule has 0 aliphatic carbocycles. The van der Waals surface area contributed by atoms with Crippen molar-refractivity contribution in [2.24, 2.45) is 0 Å². The summed E-state index contributed by atoms with van der Waals surface area (Å²) >= 11 is 0. The van der Waals surface area contributed by atoms with Crippen molar-refractivity contribution in [3.05, 3.63) is 29.3 Å². The number of fused-ring (bicyclic) bond motifs is 1. The van der Waals surface area contributed by atoms with Gasteiger partial charge in [0.15, 0.2) is 0 Å². The van der Waals surface area contributed by atoms with Gasteiger partial charge in [-0.25, -0.2) is 0 Å². The lowest BCUT2D eigenvalue weighted by atomic mass is 10.1. The predicted octanol–water partition coefficient (Wildman–Crippen LogP) is 2.01. The Balaban J connectivity index is 0.000000531. The smallest absolute Gasteiger partial charge is 0.150 e. The van der Waals surface area contributed by atoms with E-state index in [1.165, 1.54) is 0 Å². The first-order valence-electron chi connectivity index (χ1n) is 5.32. The van der Waals surface area contributed by atoms with Crippen molar-refractivity contribution in [2.75, 3.05) is 13.2 Å². The average molecular weight is 207 g/mol. The number of hydrogen-bond donors (Lipinski definition) is 1. The lowest BCUT2D eigenvalue weighted by Gasteiger charge is -2.05. The van der Waals surface area contributed by atoms with Gasteiger partial charge in [-0.3, -0.25) is 4.79 Å². The summed E-state index contributed by atoms with van der Waals surface area (Å²) in [4.78, 5) is 10.5.